The second kappa shape index (κ2) is 15.0. The lowest BCUT2D eigenvalue weighted by molar-refractivity contribution is -0.129. The van der Waals surface area contributed by atoms with Crippen LogP contribution in [-0.2, 0) is 21.5 Å². The van der Waals surface area contributed by atoms with Crippen LogP contribution in [0, 0.1) is 0 Å². The lowest BCUT2D eigenvalue weighted by Gasteiger charge is -2.42. The molecule has 0 aliphatic carbocycles. The molecule has 7 rings (SSSR count). The second-order valence-electron chi connectivity index (χ2n) is 12.3. The monoisotopic (exact) mass is 688 g/mol. The molecule has 2 fully saturated rings. The van der Waals surface area contributed by atoms with Gasteiger partial charge in [0.1, 0.15) is 17.9 Å². The standard InChI is InChI=1S/C41H37ClN2O4S/c42-35-18-10-11-31(28-35)37-29-43(24-26-48-37)23-25-47-36-21-19-30(20-22-36)27-38-39(45)44(40(46)49-38)41(32-12-4-1-5-13-32,33-14-6-2-7-15-33)34-16-8-3-9-17-34/h1-22,28,37-38H,23-27,29H2. The van der Waals surface area contributed by atoms with Gasteiger partial charge in [0.15, 0.2) is 0 Å². The number of amides is 2. The molecule has 0 saturated carbocycles. The molecule has 2 saturated heterocycles. The van der Waals surface area contributed by atoms with Gasteiger partial charge < -0.3 is 9.47 Å². The van der Waals surface area contributed by atoms with E-state index in [0.717, 1.165) is 65.0 Å². The zero-order chi connectivity index (χ0) is 33.6. The molecule has 2 unspecified atom stereocenters. The number of ether oxygens (including phenoxy) is 2. The topological polar surface area (TPSA) is 59.1 Å². The maximum absolute atomic E-state index is 14.4. The van der Waals surface area contributed by atoms with Gasteiger partial charge in [-0.05, 0) is 58.5 Å². The minimum atomic E-state index is -1.12. The van der Waals surface area contributed by atoms with E-state index in [1.165, 1.54) is 4.90 Å². The number of thioether (sulfide) groups is 1. The quantitative estimate of drug-likeness (QED) is 0.130. The maximum atomic E-state index is 14.4. The minimum Gasteiger partial charge on any atom is -0.492 e. The fourth-order valence-electron chi connectivity index (χ4n) is 6.86. The summed E-state index contributed by atoms with van der Waals surface area (Å²) in [5.41, 5.74) is 3.50. The van der Waals surface area contributed by atoms with Crippen molar-refractivity contribution in [2.24, 2.45) is 0 Å². The highest BCUT2D eigenvalue weighted by Crippen LogP contribution is 2.47. The van der Waals surface area contributed by atoms with Gasteiger partial charge in [0, 0.05) is 24.7 Å². The molecule has 0 spiro atoms. The van der Waals surface area contributed by atoms with E-state index in [4.69, 9.17) is 21.1 Å². The molecule has 5 aromatic rings. The van der Waals surface area contributed by atoms with Gasteiger partial charge in [-0.1, -0.05) is 139 Å². The van der Waals surface area contributed by atoms with Crippen LogP contribution in [0.1, 0.15) is 33.9 Å². The Morgan fingerprint density at radius 3 is 1.98 bits per heavy atom. The zero-order valence-corrected chi connectivity index (χ0v) is 28.6. The normalized spacial score (nSPS) is 18.5. The molecule has 2 aliphatic heterocycles. The molecule has 49 heavy (non-hydrogen) atoms. The third kappa shape index (κ3) is 7.03. The summed E-state index contributed by atoms with van der Waals surface area (Å²) in [5, 5.41) is -0.0970. The van der Waals surface area contributed by atoms with Crippen LogP contribution in [0.2, 0.25) is 5.02 Å². The highest BCUT2D eigenvalue weighted by molar-refractivity contribution is 8.15. The lowest BCUT2D eigenvalue weighted by Crippen LogP contribution is -2.51. The van der Waals surface area contributed by atoms with Crippen molar-refractivity contribution in [1.29, 1.82) is 0 Å². The number of carbonyl (C=O) groups excluding carboxylic acids is 2. The number of hydrogen-bond acceptors (Lipinski definition) is 6. The van der Waals surface area contributed by atoms with Crippen molar-refractivity contribution in [3.63, 3.8) is 0 Å². The van der Waals surface area contributed by atoms with E-state index in [-0.39, 0.29) is 17.3 Å². The molecule has 5 aromatic carbocycles. The van der Waals surface area contributed by atoms with Crippen LogP contribution in [0.15, 0.2) is 140 Å². The molecule has 0 aromatic heterocycles. The van der Waals surface area contributed by atoms with Crippen LogP contribution in [0.25, 0.3) is 0 Å². The first-order valence-corrected chi connectivity index (χ1v) is 17.8. The van der Waals surface area contributed by atoms with Crippen LogP contribution in [0.3, 0.4) is 0 Å². The van der Waals surface area contributed by atoms with E-state index in [0.29, 0.717) is 24.7 Å². The number of benzene rings is 5. The highest BCUT2D eigenvalue weighted by atomic mass is 35.5. The Bertz CT molecular complexity index is 1780. The van der Waals surface area contributed by atoms with Crippen molar-refractivity contribution >= 4 is 34.5 Å². The first-order chi connectivity index (χ1) is 24.0. The molecule has 8 heteroatoms. The number of morpholine rings is 1. The number of carbonyl (C=O) groups is 2. The Balaban J connectivity index is 1.04. The predicted octanol–water partition coefficient (Wildman–Crippen LogP) is 8.39. The van der Waals surface area contributed by atoms with Gasteiger partial charge in [-0.25, -0.2) is 0 Å². The van der Waals surface area contributed by atoms with E-state index in [2.05, 4.69) is 11.0 Å². The van der Waals surface area contributed by atoms with Gasteiger partial charge in [-0.2, -0.15) is 0 Å². The average Bonchev–Trinajstić information content (AvgIpc) is 3.42. The predicted molar refractivity (Wildman–Crippen MR) is 195 cm³/mol. The number of nitrogens with zero attached hydrogens (tertiary/aromatic N) is 2. The lowest BCUT2D eigenvalue weighted by atomic mass is 9.75. The second-order valence-corrected chi connectivity index (χ2v) is 13.9. The van der Waals surface area contributed by atoms with E-state index in [9.17, 15) is 9.59 Å². The third-order valence-electron chi connectivity index (χ3n) is 9.22. The molecule has 2 heterocycles. The first-order valence-electron chi connectivity index (χ1n) is 16.5. The first kappa shape index (κ1) is 33.1. The van der Waals surface area contributed by atoms with Gasteiger partial charge in [-0.15, -0.1) is 0 Å². The molecule has 0 radical (unpaired) electrons. The Kier molecular flexibility index (Phi) is 10.1. The smallest absolute Gasteiger partial charge is 0.290 e. The van der Waals surface area contributed by atoms with Gasteiger partial charge in [0.05, 0.1) is 18.0 Å². The van der Waals surface area contributed by atoms with Crippen LogP contribution < -0.4 is 4.74 Å². The van der Waals surface area contributed by atoms with E-state index < -0.39 is 10.8 Å². The number of hydrogen-bond donors (Lipinski definition) is 0. The average molecular weight is 689 g/mol. The van der Waals surface area contributed by atoms with Crippen LogP contribution in [0.4, 0.5) is 4.79 Å². The van der Waals surface area contributed by atoms with Crippen molar-refractivity contribution in [3.05, 3.63) is 172 Å². The van der Waals surface area contributed by atoms with Crippen LogP contribution in [-0.4, -0.2) is 59.0 Å². The van der Waals surface area contributed by atoms with Crippen molar-refractivity contribution < 1.29 is 19.1 Å². The highest BCUT2D eigenvalue weighted by Gasteiger charge is 2.53. The molecule has 2 aliphatic rings. The molecule has 2 amide bonds. The third-order valence-corrected chi connectivity index (χ3v) is 10.5. The summed E-state index contributed by atoms with van der Waals surface area (Å²) in [6.07, 6.45) is 0.419. The summed E-state index contributed by atoms with van der Waals surface area (Å²) in [7, 11) is 0. The van der Waals surface area contributed by atoms with Gasteiger partial charge in [0.25, 0.3) is 5.24 Å². The molecular formula is C41H37ClN2O4S. The van der Waals surface area contributed by atoms with Crippen LogP contribution >= 0.6 is 23.4 Å². The van der Waals surface area contributed by atoms with Crippen molar-refractivity contribution in [1.82, 2.24) is 9.80 Å². The molecule has 0 bridgehead atoms. The summed E-state index contributed by atoms with van der Waals surface area (Å²) >= 11 is 7.30. The maximum Gasteiger partial charge on any atom is 0.290 e. The Morgan fingerprint density at radius 1 is 0.776 bits per heavy atom. The summed E-state index contributed by atoms with van der Waals surface area (Å²) < 4.78 is 12.1. The largest absolute Gasteiger partial charge is 0.492 e. The fourth-order valence-corrected chi connectivity index (χ4v) is 8.11. The SMILES string of the molecule is O=C1SC(Cc2ccc(OCCN3CCOC(c4cccc(Cl)c4)C3)cc2)C(=O)N1C(c1ccccc1)(c1ccccc1)c1ccccc1. The molecule has 248 valence electrons. The summed E-state index contributed by atoms with van der Waals surface area (Å²) in [5.74, 6) is 0.566. The molecule has 0 N–H and O–H groups in total. The number of imide groups is 1. The summed E-state index contributed by atoms with van der Waals surface area (Å²) in [4.78, 5) is 32.2. The minimum absolute atomic E-state index is 0.0102. The Labute approximate surface area is 296 Å². The van der Waals surface area contributed by atoms with Crippen LogP contribution in [0.5, 0.6) is 5.75 Å². The van der Waals surface area contributed by atoms with Crippen molar-refractivity contribution in [2.75, 3.05) is 32.8 Å². The van der Waals surface area contributed by atoms with Gasteiger partial charge in [-0.3, -0.25) is 19.4 Å². The van der Waals surface area contributed by atoms with Crippen molar-refractivity contribution in [3.8, 4) is 5.75 Å². The van der Waals surface area contributed by atoms with Crippen molar-refractivity contribution in [2.45, 2.75) is 23.3 Å². The number of rotatable bonds is 11. The summed E-state index contributed by atoms with van der Waals surface area (Å²) in [6, 6.07) is 45.2. The van der Waals surface area contributed by atoms with E-state index >= 15 is 0 Å². The summed E-state index contributed by atoms with van der Waals surface area (Å²) in [6.45, 7) is 3.61. The molecule has 2 atom stereocenters. The van der Waals surface area contributed by atoms with E-state index in [1.54, 1.807) is 0 Å². The molecule has 6 nitrogen and oxygen atoms in total. The van der Waals surface area contributed by atoms with E-state index in [1.807, 2.05) is 133 Å². The van der Waals surface area contributed by atoms with Gasteiger partial charge >= 0.3 is 0 Å². The Hall–Kier alpha value is -4.40. The fraction of sp³-hybridized carbons (Fsp3) is 0.220. The van der Waals surface area contributed by atoms with Gasteiger partial charge in [0.2, 0.25) is 5.91 Å². The molecular weight excluding hydrogens is 652 g/mol. The Morgan fingerprint density at radius 2 is 1.39 bits per heavy atom. The zero-order valence-electron chi connectivity index (χ0n) is 27.0. The number of halogens is 1.